The van der Waals surface area contributed by atoms with E-state index >= 15 is 0 Å². The van der Waals surface area contributed by atoms with E-state index in [4.69, 9.17) is 5.73 Å². The molecule has 0 saturated carbocycles. The van der Waals surface area contributed by atoms with Crippen LogP contribution in [-0.4, -0.2) is 32.3 Å². The lowest BCUT2D eigenvalue weighted by Crippen LogP contribution is -2.44. The SMILES string of the molecule is Nc1ccc(N2CCNCC2)c(CNC(=O)[O-])c1. The summed E-state index contributed by atoms with van der Waals surface area (Å²) in [5, 5.41) is 16.0. The van der Waals surface area contributed by atoms with Gasteiger partial charge in [0, 0.05) is 44.1 Å². The Bertz CT molecular complexity index is 430. The van der Waals surface area contributed by atoms with Crippen molar-refractivity contribution in [1.82, 2.24) is 10.6 Å². The van der Waals surface area contributed by atoms with Crippen LogP contribution in [-0.2, 0) is 6.54 Å². The summed E-state index contributed by atoms with van der Waals surface area (Å²) in [5.41, 5.74) is 8.27. The van der Waals surface area contributed by atoms with Crippen molar-refractivity contribution >= 4 is 17.5 Å². The standard InChI is InChI=1S/C12H18N4O2/c13-10-1-2-11(16-5-3-14-4-6-16)9(7-10)8-15-12(17)18/h1-2,7,14-15H,3-6,8,13H2,(H,17,18)/p-1. The number of nitrogens with zero attached hydrogens (tertiary/aromatic N) is 1. The first-order valence-corrected chi connectivity index (χ1v) is 5.96. The number of carbonyl (C=O) groups excluding carboxylic acids is 1. The summed E-state index contributed by atoms with van der Waals surface area (Å²) in [6.45, 7) is 3.88. The highest BCUT2D eigenvalue weighted by molar-refractivity contribution is 5.64. The van der Waals surface area contributed by atoms with Gasteiger partial charge in [0.05, 0.1) is 0 Å². The summed E-state index contributed by atoms with van der Waals surface area (Å²) in [6, 6.07) is 5.57. The smallest absolute Gasteiger partial charge is 0.134 e. The lowest BCUT2D eigenvalue weighted by atomic mass is 10.1. The topological polar surface area (TPSA) is 93.5 Å². The third kappa shape index (κ3) is 3.04. The molecule has 1 aromatic carbocycles. The van der Waals surface area contributed by atoms with E-state index < -0.39 is 6.09 Å². The maximum absolute atomic E-state index is 10.5. The van der Waals surface area contributed by atoms with Gasteiger partial charge < -0.3 is 31.2 Å². The molecule has 0 radical (unpaired) electrons. The number of piperazine rings is 1. The maximum atomic E-state index is 10.5. The van der Waals surface area contributed by atoms with Gasteiger partial charge in [-0.1, -0.05) is 0 Å². The molecule has 1 saturated heterocycles. The Balaban J connectivity index is 2.18. The molecule has 98 valence electrons. The molecule has 0 unspecified atom stereocenters. The molecular formula is C12H17N4O2-. The molecule has 6 nitrogen and oxygen atoms in total. The molecule has 6 heteroatoms. The second-order valence-corrected chi connectivity index (χ2v) is 4.27. The predicted octanol–water partition coefficient (Wildman–Crippen LogP) is -0.889. The van der Waals surface area contributed by atoms with Gasteiger partial charge in [0.15, 0.2) is 0 Å². The van der Waals surface area contributed by atoms with E-state index in [2.05, 4.69) is 15.5 Å². The highest BCUT2D eigenvalue weighted by Gasteiger charge is 2.14. The van der Waals surface area contributed by atoms with Gasteiger partial charge in [-0.25, -0.2) is 0 Å². The number of rotatable bonds is 3. The fraction of sp³-hybridized carbons (Fsp3) is 0.417. The van der Waals surface area contributed by atoms with Gasteiger partial charge in [0.1, 0.15) is 6.09 Å². The molecule has 1 aromatic rings. The molecule has 0 aromatic heterocycles. The van der Waals surface area contributed by atoms with E-state index in [1.54, 1.807) is 6.07 Å². The zero-order valence-electron chi connectivity index (χ0n) is 10.1. The van der Waals surface area contributed by atoms with Crippen molar-refractivity contribution < 1.29 is 9.90 Å². The summed E-state index contributed by atoms with van der Waals surface area (Å²) < 4.78 is 0. The molecule has 18 heavy (non-hydrogen) atoms. The molecule has 4 N–H and O–H groups in total. The fourth-order valence-corrected chi connectivity index (χ4v) is 2.13. The molecule has 2 rings (SSSR count). The number of amides is 1. The van der Waals surface area contributed by atoms with Crippen LogP contribution in [0.25, 0.3) is 0 Å². The van der Waals surface area contributed by atoms with E-state index in [0.717, 1.165) is 37.4 Å². The summed E-state index contributed by atoms with van der Waals surface area (Å²) >= 11 is 0. The molecule has 1 amide bonds. The van der Waals surface area contributed by atoms with Crippen LogP contribution in [0.2, 0.25) is 0 Å². The Kier molecular flexibility index (Phi) is 3.88. The second-order valence-electron chi connectivity index (χ2n) is 4.27. The first-order valence-electron chi connectivity index (χ1n) is 5.96. The van der Waals surface area contributed by atoms with Crippen molar-refractivity contribution in [3.63, 3.8) is 0 Å². The average Bonchev–Trinajstić information content (AvgIpc) is 2.37. The predicted molar refractivity (Wildman–Crippen MR) is 68.2 cm³/mol. The maximum Gasteiger partial charge on any atom is 0.134 e. The van der Waals surface area contributed by atoms with Crippen LogP contribution >= 0.6 is 0 Å². The van der Waals surface area contributed by atoms with Crippen LogP contribution in [0.3, 0.4) is 0 Å². The number of carboxylic acid groups (broad SMARTS) is 1. The first kappa shape index (κ1) is 12.5. The molecule has 0 spiro atoms. The van der Waals surface area contributed by atoms with E-state index in [1.807, 2.05) is 12.1 Å². The third-order valence-corrected chi connectivity index (χ3v) is 2.98. The van der Waals surface area contributed by atoms with Crippen molar-refractivity contribution in [2.45, 2.75) is 6.54 Å². The number of hydrogen-bond donors (Lipinski definition) is 3. The Labute approximate surface area is 106 Å². The number of carbonyl (C=O) groups is 1. The summed E-state index contributed by atoms with van der Waals surface area (Å²) in [5.74, 6) is 0. The van der Waals surface area contributed by atoms with Gasteiger partial charge in [0.25, 0.3) is 0 Å². The summed E-state index contributed by atoms with van der Waals surface area (Å²) in [4.78, 5) is 12.7. The molecule has 1 aliphatic heterocycles. The van der Waals surface area contributed by atoms with Crippen LogP contribution in [0.15, 0.2) is 18.2 Å². The Hall–Kier alpha value is -1.95. The van der Waals surface area contributed by atoms with Gasteiger partial charge in [0.2, 0.25) is 0 Å². The highest BCUT2D eigenvalue weighted by atomic mass is 16.4. The number of anilines is 2. The van der Waals surface area contributed by atoms with Crippen LogP contribution in [0.5, 0.6) is 0 Å². The zero-order chi connectivity index (χ0) is 13.0. The fourth-order valence-electron chi connectivity index (χ4n) is 2.13. The molecule has 1 fully saturated rings. The molecule has 0 atom stereocenters. The molecule has 1 aliphatic rings. The normalized spacial score (nSPS) is 15.4. The third-order valence-electron chi connectivity index (χ3n) is 2.98. The first-order chi connectivity index (χ1) is 8.66. The molecule has 0 aliphatic carbocycles. The van der Waals surface area contributed by atoms with E-state index in [9.17, 15) is 9.90 Å². The number of nitrogens with one attached hydrogen (secondary N) is 2. The largest absolute Gasteiger partial charge is 0.530 e. The van der Waals surface area contributed by atoms with Gasteiger partial charge in [-0.05, 0) is 23.8 Å². The van der Waals surface area contributed by atoms with Crippen LogP contribution < -0.4 is 26.4 Å². The summed E-state index contributed by atoms with van der Waals surface area (Å²) in [6.07, 6.45) is -1.27. The number of benzene rings is 1. The number of nitrogen functional groups attached to an aromatic ring is 1. The summed E-state index contributed by atoms with van der Waals surface area (Å²) in [7, 11) is 0. The van der Waals surface area contributed by atoms with Crippen molar-refractivity contribution in [2.24, 2.45) is 0 Å². The highest BCUT2D eigenvalue weighted by Crippen LogP contribution is 2.23. The molecule has 1 heterocycles. The van der Waals surface area contributed by atoms with Gasteiger partial charge in [-0.3, -0.25) is 0 Å². The average molecular weight is 249 g/mol. The Morgan fingerprint density at radius 3 is 2.83 bits per heavy atom. The van der Waals surface area contributed by atoms with Gasteiger partial charge in [-0.15, -0.1) is 0 Å². The van der Waals surface area contributed by atoms with Gasteiger partial charge >= 0.3 is 0 Å². The molecular weight excluding hydrogens is 232 g/mol. The van der Waals surface area contributed by atoms with E-state index in [0.29, 0.717) is 5.69 Å². The minimum atomic E-state index is -1.27. The van der Waals surface area contributed by atoms with Crippen molar-refractivity contribution in [3.8, 4) is 0 Å². The monoisotopic (exact) mass is 249 g/mol. The van der Waals surface area contributed by atoms with Crippen LogP contribution in [0.4, 0.5) is 16.2 Å². The lowest BCUT2D eigenvalue weighted by molar-refractivity contribution is -0.251. The Morgan fingerprint density at radius 2 is 2.17 bits per heavy atom. The molecule has 0 bridgehead atoms. The van der Waals surface area contributed by atoms with E-state index in [-0.39, 0.29) is 6.54 Å². The minimum absolute atomic E-state index is 0.215. The lowest BCUT2D eigenvalue weighted by Gasteiger charge is -2.31. The Morgan fingerprint density at radius 1 is 1.44 bits per heavy atom. The quantitative estimate of drug-likeness (QED) is 0.604. The van der Waals surface area contributed by atoms with Crippen LogP contribution in [0.1, 0.15) is 5.56 Å². The minimum Gasteiger partial charge on any atom is -0.530 e. The van der Waals surface area contributed by atoms with Crippen LogP contribution in [0, 0.1) is 0 Å². The number of nitrogens with two attached hydrogens (primary N) is 1. The van der Waals surface area contributed by atoms with E-state index in [1.165, 1.54) is 0 Å². The van der Waals surface area contributed by atoms with Crippen molar-refractivity contribution in [2.75, 3.05) is 36.8 Å². The number of hydrogen-bond acceptors (Lipinski definition) is 5. The van der Waals surface area contributed by atoms with Crippen molar-refractivity contribution in [1.29, 1.82) is 0 Å². The van der Waals surface area contributed by atoms with Gasteiger partial charge in [-0.2, -0.15) is 0 Å². The zero-order valence-corrected chi connectivity index (χ0v) is 10.1. The second kappa shape index (κ2) is 5.59. The van der Waals surface area contributed by atoms with Crippen molar-refractivity contribution in [3.05, 3.63) is 23.8 Å².